The Morgan fingerprint density at radius 1 is 0.923 bits per heavy atom. The fraction of sp³-hybridized carbons (Fsp3) is 0.636. The first-order valence-corrected chi connectivity index (χ1v) is 10.4. The van der Waals surface area contributed by atoms with Crippen molar-refractivity contribution in [1.29, 1.82) is 0 Å². The summed E-state index contributed by atoms with van der Waals surface area (Å²) in [7, 11) is 0. The number of likely N-dealkylation sites (tertiary alicyclic amines) is 1. The third-order valence-corrected chi connectivity index (χ3v) is 5.84. The Labute approximate surface area is 157 Å². The average molecular weight is 357 g/mol. The fourth-order valence-electron chi connectivity index (χ4n) is 4.14. The molecule has 1 N–H and O–H groups in total. The van der Waals surface area contributed by atoms with E-state index in [-0.39, 0.29) is 11.8 Å². The standard InChI is InChI=1S/C22H32N2O2/c25-21(14-11-18-7-3-1-4-8-18)23-17-19-9-12-20(13-10-19)22(26)24-15-5-2-6-16-24/h9-10,12-13,18H,1-8,11,14-17H2,(H,23,25). The van der Waals surface area contributed by atoms with E-state index < -0.39 is 0 Å². The largest absolute Gasteiger partial charge is 0.352 e. The smallest absolute Gasteiger partial charge is 0.253 e. The van der Waals surface area contributed by atoms with Crippen LogP contribution in [0.1, 0.15) is 80.1 Å². The summed E-state index contributed by atoms with van der Waals surface area (Å²) in [4.78, 5) is 26.5. The highest BCUT2D eigenvalue weighted by Gasteiger charge is 2.18. The van der Waals surface area contributed by atoms with Gasteiger partial charge in [-0.1, -0.05) is 44.2 Å². The number of carbonyl (C=O) groups excluding carboxylic acids is 2. The van der Waals surface area contributed by atoms with Crippen LogP contribution in [0.15, 0.2) is 24.3 Å². The normalized spacial score (nSPS) is 18.5. The molecule has 0 bridgehead atoms. The zero-order valence-electron chi connectivity index (χ0n) is 15.8. The second-order valence-corrected chi connectivity index (χ2v) is 7.87. The van der Waals surface area contributed by atoms with Gasteiger partial charge in [0.05, 0.1) is 0 Å². The van der Waals surface area contributed by atoms with Gasteiger partial charge in [-0.2, -0.15) is 0 Å². The quantitative estimate of drug-likeness (QED) is 0.826. The molecule has 2 amide bonds. The van der Waals surface area contributed by atoms with Crippen LogP contribution in [0.4, 0.5) is 0 Å². The van der Waals surface area contributed by atoms with Crippen molar-refractivity contribution in [2.75, 3.05) is 13.1 Å². The SMILES string of the molecule is O=C(CCC1CCCCC1)NCc1ccc(C(=O)N2CCCCC2)cc1. The van der Waals surface area contributed by atoms with Gasteiger partial charge in [0.25, 0.3) is 5.91 Å². The first kappa shape index (κ1) is 18.9. The Bertz CT molecular complexity index is 585. The minimum Gasteiger partial charge on any atom is -0.352 e. The van der Waals surface area contributed by atoms with Crippen LogP contribution < -0.4 is 5.32 Å². The molecule has 1 aliphatic carbocycles. The van der Waals surface area contributed by atoms with Crippen LogP contribution >= 0.6 is 0 Å². The van der Waals surface area contributed by atoms with Crippen molar-refractivity contribution in [2.45, 2.75) is 70.8 Å². The molecule has 1 aromatic carbocycles. The highest BCUT2D eigenvalue weighted by molar-refractivity contribution is 5.94. The van der Waals surface area contributed by atoms with Gasteiger partial charge in [-0.25, -0.2) is 0 Å². The van der Waals surface area contributed by atoms with Crippen molar-refractivity contribution in [1.82, 2.24) is 10.2 Å². The lowest BCUT2D eigenvalue weighted by Crippen LogP contribution is -2.35. The van der Waals surface area contributed by atoms with Gasteiger partial charge in [0, 0.05) is 31.6 Å². The summed E-state index contributed by atoms with van der Waals surface area (Å²) in [5.41, 5.74) is 1.80. The minimum absolute atomic E-state index is 0.132. The van der Waals surface area contributed by atoms with Crippen molar-refractivity contribution in [3.05, 3.63) is 35.4 Å². The van der Waals surface area contributed by atoms with Crippen LogP contribution in [0.25, 0.3) is 0 Å². The second-order valence-electron chi connectivity index (χ2n) is 7.87. The summed E-state index contributed by atoms with van der Waals surface area (Å²) in [5.74, 6) is 1.02. The summed E-state index contributed by atoms with van der Waals surface area (Å²) in [6, 6.07) is 7.69. The van der Waals surface area contributed by atoms with Crippen LogP contribution in [0.3, 0.4) is 0 Å². The lowest BCUT2D eigenvalue weighted by atomic mass is 9.86. The summed E-state index contributed by atoms with van der Waals surface area (Å²) in [6.07, 6.45) is 11.7. The molecular formula is C22H32N2O2. The predicted octanol–water partition coefficient (Wildman–Crippen LogP) is 4.29. The molecule has 2 fully saturated rings. The number of hydrogen-bond acceptors (Lipinski definition) is 2. The second kappa shape index (κ2) is 9.75. The topological polar surface area (TPSA) is 49.4 Å². The highest BCUT2D eigenvalue weighted by Crippen LogP contribution is 2.27. The van der Waals surface area contributed by atoms with Gasteiger partial charge in [0.1, 0.15) is 0 Å². The maximum atomic E-state index is 12.5. The molecule has 3 rings (SSSR count). The van der Waals surface area contributed by atoms with E-state index in [9.17, 15) is 9.59 Å². The molecule has 142 valence electrons. The van der Waals surface area contributed by atoms with Gasteiger partial charge in [0.2, 0.25) is 5.91 Å². The first-order valence-electron chi connectivity index (χ1n) is 10.4. The first-order chi connectivity index (χ1) is 12.7. The van der Waals surface area contributed by atoms with Gasteiger partial charge in [0.15, 0.2) is 0 Å². The van der Waals surface area contributed by atoms with Crippen LogP contribution in [-0.4, -0.2) is 29.8 Å². The van der Waals surface area contributed by atoms with Crippen molar-refractivity contribution in [3.8, 4) is 0 Å². The Morgan fingerprint density at radius 3 is 2.27 bits per heavy atom. The molecule has 1 aromatic rings. The van der Waals surface area contributed by atoms with Gasteiger partial charge in [-0.05, 0) is 49.3 Å². The number of nitrogens with zero attached hydrogens (tertiary/aromatic N) is 1. The molecule has 4 nitrogen and oxygen atoms in total. The van der Waals surface area contributed by atoms with Crippen LogP contribution in [0.2, 0.25) is 0 Å². The number of amides is 2. The number of benzene rings is 1. The van der Waals surface area contributed by atoms with E-state index in [1.165, 1.54) is 38.5 Å². The molecular weight excluding hydrogens is 324 g/mol. The summed E-state index contributed by atoms with van der Waals surface area (Å²) >= 11 is 0. The van der Waals surface area contributed by atoms with E-state index in [4.69, 9.17) is 0 Å². The predicted molar refractivity (Wildman–Crippen MR) is 104 cm³/mol. The molecule has 26 heavy (non-hydrogen) atoms. The van der Waals surface area contributed by atoms with Gasteiger partial charge in [-0.3, -0.25) is 9.59 Å². The Morgan fingerprint density at radius 2 is 1.58 bits per heavy atom. The zero-order chi connectivity index (χ0) is 18.2. The minimum atomic E-state index is 0.132. The zero-order valence-corrected chi connectivity index (χ0v) is 15.8. The maximum Gasteiger partial charge on any atom is 0.253 e. The average Bonchev–Trinajstić information content (AvgIpc) is 2.72. The van der Waals surface area contributed by atoms with Crippen LogP contribution in [0.5, 0.6) is 0 Å². The molecule has 0 atom stereocenters. The van der Waals surface area contributed by atoms with Crippen molar-refractivity contribution in [3.63, 3.8) is 0 Å². The highest BCUT2D eigenvalue weighted by atomic mass is 16.2. The van der Waals surface area contributed by atoms with Gasteiger partial charge in [-0.15, -0.1) is 0 Å². The van der Waals surface area contributed by atoms with E-state index in [0.717, 1.165) is 49.4 Å². The summed E-state index contributed by atoms with van der Waals surface area (Å²) < 4.78 is 0. The lowest BCUT2D eigenvalue weighted by Gasteiger charge is -2.26. The number of hydrogen-bond donors (Lipinski definition) is 1. The maximum absolute atomic E-state index is 12.5. The molecule has 1 aliphatic heterocycles. The summed E-state index contributed by atoms with van der Waals surface area (Å²) in [6.45, 7) is 2.29. The number of carbonyl (C=O) groups is 2. The summed E-state index contributed by atoms with van der Waals surface area (Å²) in [5, 5.41) is 3.02. The third kappa shape index (κ3) is 5.58. The Kier molecular flexibility index (Phi) is 7.10. The number of piperidine rings is 1. The monoisotopic (exact) mass is 356 g/mol. The molecule has 1 saturated heterocycles. The molecule has 1 heterocycles. The molecule has 0 aromatic heterocycles. The molecule has 0 radical (unpaired) electrons. The van der Waals surface area contributed by atoms with Crippen LogP contribution in [0, 0.1) is 5.92 Å². The van der Waals surface area contributed by atoms with E-state index in [1.54, 1.807) is 0 Å². The number of nitrogens with one attached hydrogen (secondary N) is 1. The molecule has 2 aliphatic rings. The van der Waals surface area contributed by atoms with E-state index in [0.29, 0.717) is 13.0 Å². The van der Waals surface area contributed by atoms with Crippen LogP contribution in [-0.2, 0) is 11.3 Å². The van der Waals surface area contributed by atoms with Gasteiger partial charge >= 0.3 is 0 Å². The number of rotatable bonds is 6. The molecule has 4 heteroatoms. The van der Waals surface area contributed by atoms with E-state index in [1.807, 2.05) is 29.2 Å². The fourth-order valence-corrected chi connectivity index (χ4v) is 4.14. The lowest BCUT2D eigenvalue weighted by molar-refractivity contribution is -0.121. The molecule has 1 saturated carbocycles. The van der Waals surface area contributed by atoms with Crippen molar-refractivity contribution >= 4 is 11.8 Å². The molecule has 0 spiro atoms. The van der Waals surface area contributed by atoms with E-state index in [2.05, 4.69) is 5.32 Å². The molecule has 0 unspecified atom stereocenters. The Hall–Kier alpha value is -1.84. The van der Waals surface area contributed by atoms with E-state index >= 15 is 0 Å². The van der Waals surface area contributed by atoms with Crippen molar-refractivity contribution < 1.29 is 9.59 Å². The third-order valence-electron chi connectivity index (χ3n) is 5.84. The van der Waals surface area contributed by atoms with Crippen molar-refractivity contribution in [2.24, 2.45) is 5.92 Å². The Balaban J connectivity index is 1.40. The van der Waals surface area contributed by atoms with Gasteiger partial charge < -0.3 is 10.2 Å².